The van der Waals surface area contributed by atoms with Crippen LogP contribution in [0.25, 0.3) is 5.65 Å². The number of hydrogen-bond acceptors (Lipinski definition) is 7. The summed E-state index contributed by atoms with van der Waals surface area (Å²) in [6.45, 7) is 4.45. The van der Waals surface area contributed by atoms with Crippen molar-refractivity contribution in [2.75, 3.05) is 6.61 Å². The minimum Gasteiger partial charge on any atom is -0.426 e. The normalized spacial score (nSPS) is 18.4. The summed E-state index contributed by atoms with van der Waals surface area (Å²) in [6, 6.07) is 13.4. The Hall–Kier alpha value is -3.21. The molecule has 4 rings (SSSR count). The molecule has 0 saturated heterocycles. The summed E-state index contributed by atoms with van der Waals surface area (Å²) >= 11 is 0. The third-order valence-electron chi connectivity index (χ3n) is 6.01. The first-order valence-corrected chi connectivity index (χ1v) is 11.8. The zero-order chi connectivity index (χ0) is 24.8. The number of rotatable bonds is 11. The second-order valence-corrected chi connectivity index (χ2v) is 9.39. The number of carbonyl (C=O) groups is 1. The summed E-state index contributed by atoms with van der Waals surface area (Å²) in [4.78, 5) is 23.6. The Morgan fingerprint density at radius 2 is 2.00 bits per heavy atom. The molecule has 1 aliphatic rings. The van der Waals surface area contributed by atoms with Crippen molar-refractivity contribution in [1.29, 1.82) is 0 Å². The lowest BCUT2D eigenvalue weighted by atomic mass is 9.74. The van der Waals surface area contributed by atoms with Crippen LogP contribution in [0.2, 0.25) is 0 Å². The second-order valence-electron chi connectivity index (χ2n) is 9.39. The molecule has 1 amide bonds. The molecule has 0 aliphatic carbocycles. The number of nitrogens with one attached hydrogen (secondary N) is 1. The second kappa shape index (κ2) is 11.0. The number of imidazole rings is 1. The summed E-state index contributed by atoms with van der Waals surface area (Å²) in [5, 5.41) is 26.6. The van der Waals surface area contributed by atoms with Crippen molar-refractivity contribution in [3.63, 3.8) is 0 Å². The van der Waals surface area contributed by atoms with Gasteiger partial charge in [0.15, 0.2) is 0 Å². The van der Waals surface area contributed by atoms with E-state index in [1.54, 1.807) is 6.20 Å². The maximum atomic E-state index is 13.4. The number of benzene rings is 1. The van der Waals surface area contributed by atoms with Crippen LogP contribution in [0.1, 0.15) is 37.8 Å². The predicted molar refractivity (Wildman–Crippen MR) is 132 cm³/mol. The maximum absolute atomic E-state index is 13.4. The van der Waals surface area contributed by atoms with Gasteiger partial charge in [0.2, 0.25) is 5.60 Å². The molecule has 9 nitrogen and oxygen atoms in total. The fourth-order valence-electron chi connectivity index (χ4n) is 4.31. The van der Waals surface area contributed by atoms with E-state index >= 15 is 0 Å². The average molecular weight is 478 g/mol. The third kappa shape index (κ3) is 6.08. The molecule has 0 fully saturated rings. The van der Waals surface area contributed by atoms with Crippen LogP contribution in [0.5, 0.6) is 0 Å². The van der Waals surface area contributed by atoms with E-state index in [1.807, 2.05) is 73.1 Å². The Balaban J connectivity index is 1.44. The van der Waals surface area contributed by atoms with Gasteiger partial charge in [0.25, 0.3) is 5.91 Å². The van der Waals surface area contributed by atoms with Gasteiger partial charge in [-0.25, -0.2) is 4.98 Å². The molecule has 2 atom stereocenters. The number of fused-ring (bicyclic) bond motifs is 1. The average Bonchev–Trinajstić information content (AvgIpc) is 3.47. The molecule has 0 saturated carbocycles. The van der Waals surface area contributed by atoms with Crippen LogP contribution in [0.3, 0.4) is 0 Å². The summed E-state index contributed by atoms with van der Waals surface area (Å²) in [7, 11) is -1.68. The van der Waals surface area contributed by atoms with E-state index in [2.05, 4.69) is 15.5 Å². The van der Waals surface area contributed by atoms with E-state index in [-0.39, 0.29) is 25.4 Å². The molecule has 3 heterocycles. The Morgan fingerprint density at radius 3 is 2.74 bits per heavy atom. The van der Waals surface area contributed by atoms with Gasteiger partial charge in [-0.05, 0) is 24.0 Å². The lowest BCUT2D eigenvalue weighted by Gasteiger charge is -2.29. The molecule has 184 valence electrons. The van der Waals surface area contributed by atoms with Crippen LogP contribution in [-0.4, -0.2) is 56.3 Å². The van der Waals surface area contributed by atoms with Crippen LogP contribution in [0.15, 0.2) is 66.2 Å². The molecule has 2 aromatic heterocycles. The first-order chi connectivity index (χ1) is 16.9. The van der Waals surface area contributed by atoms with Crippen molar-refractivity contribution in [3.05, 3.63) is 72.2 Å². The molecule has 3 aromatic rings. The van der Waals surface area contributed by atoms with Crippen LogP contribution in [0, 0.1) is 5.92 Å². The lowest BCUT2D eigenvalue weighted by Crippen LogP contribution is -2.56. The first-order valence-electron chi connectivity index (χ1n) is 11.8. The molecule has 1 aromatic carbocycles. The number of carbonyl (C=O) groups excluding carboxylic acids is 1. The van der Waals surface area contributed by atoms with E-state index < -0.39 is 24.6 Å². The standard InChI is InChI=1S/C25H31BN4O5/c1-18(2)13-22(26(32)33)28-24(31)25(14-19-7-4-3-5-8-19)15-21(29-35-25)17-34-16-20-9-6-11-30-12-10-27-23(20)30/h3-12,18,22,32-33H,13-17H2,1-2H3,(H,28,31). The fraction of sp³-hybridized carbons (Fsp3) is 0.400. The van der Waals surface area contributed by atoms with Gasteiger partial charge in [0, 0.05) is 37.0 Å². The van der Waals surface area contributed by atoms with E-state index in [9.17, 15) is 14.8 Å². The molecule has 1 aliphatic heterocycles. The zero-order valence-electron chi connectivity index (χ0n) is 20.0. The minimum atomic E-state index is -1.68. The van der Waals surface area contributed by atoms with Crippen molar-refractivity contribution < 1.29 is 24.4 Å². The number of pyridine rings is 1. The number of oxime groups is 1. The molecular weight excluding hydrogens is 447 g/mol. The molecular formula is C25H31BN4O5. The van der Waals surface area contributed by atoms with Gasteiger partial charge in [0.05, 0.1) is 24.9 Å². The molecule has 35 heavy (non-hydrogen) atoms. The van der Waals surface area contributed by atoms with Gasteiger partial charge >= 0.3 is 7.12 Å². The SMILES string of the molecule is CC(C)CC(NC(=O)C1(Cc2ccccc2)CC(COCc2cccn3ccnc23)=NO1)B(O)O. The van der Waals surface area contributed by atoms with Crippen LogP contribution in [-0.2, 0) is 27.4 Å². The Kier molecular flexibility index (Phi) is 7.85. The number of aromatic nitrogens is 2. The Morgan fingerprint density at radius 1 is 1.20 bits per heavy atom. The van der Waals surface area contributed by atoms with Gasteiger partial charge in [-0.15, -0.1) is 0 Å². The minimum absolute atomic E-state index is 0.163. The molecule has 2 unspecified atom stereocenters. The van der Waals surface area contributed by atoms with Gasteiger partial charge in [-0.3, -0.25) is 4.79 Å². The van der Waals surface area contributed by atoms with Crippen LogP contribution in [0.4, 0.5) is 0 Å². The lowest BCUT2D eigenvalue weighted by molar-refractivity contribution is -0.144. The maximum Gasteiger partial charge on any atom is 0.475 e. The van der Waals surface area contributed by atoms with E-state index in [4.69, 9.17) is 9.57 Å². The quantitative estimate of drug-likeness (QED) is 0.364. The number of amides is 1. The van der Waals surface area contributed by atoms with Gasteiger partial charge < -0.3 is 29.3 Å². The van der Waals surface area contributed by atoms with Crippen LogP contribution >= 0.6 is 0 Å². The van der Waals surface area contributed by atoms with E-state index in [0.717, 1.165) is 16.8 Å². The van der Waals surface area contributed by atoms with E-state index in [0.29, 0.717) is 18.7 Å². The Labute approximate surface area is 204 Å². The topological polar surface area (TPSA) is 118 Å². The highest BCUT2D eigenvalue weighted by atomic mass is 16.7. The predicted octanol–water partition coefficient (Wildman–Crippen LogP) is 2.15. The summed E-state index contributed by atoms with van der Waals surface area (Å²) < 4.78 is 7.82. The molecule has 0 bridgehead atoms. The van der Waals surface area contributed by atoms with Crippen molar-refractivity contribution in [2.45, 2.75) is 51.3 Å². The van der Waals surface area contributed by atoms with Crippen molar-refractivity contribution in [1.82, 2.24) is 14.7 Å². The van der Waals surface area contributed by atoms with E-state index in [1.165, 1.54) is 0 Å². The van der Waals surface area contributed by atoms with Crippen molar-refractivity contribution in [2.24, 2.45) is 11.1 Å². The highest BCUT2D eigenvalue weighted by Gasteiger charge is 2.48. The van der Waals surface area contributed by atoms with Gasteiger partial charge in [-0.1, -0.05) is 55.4 Å². The largest absolute Gasteiger partial charge is 0.475 e. The van der Waals surface area contributed by atoms with Crippen molar-refractivity contribution >= 4 is 24.4 Å². The number of ether oxygens (including phenoxy) is 1. The number of nitrogens with zero attached hydrogens (tertiary/aromatic N) is 3. The molecule has 0 spiro atoms. The number of hydrogen-bond donors (Lipinski definition) is 3. The van der Waals surface area contributed by atoms with Crippen molar-refractivity contribution in [3.8, 4) is 0 Å². The summed E-state index contributed by atoms with van der Waals surface area (Å²) in [6.07, 6.45) is 6.47. The Bertz CT molecular complexity index is 1170. The first kappa shape index (κ1) is 24.9. The van der Waals surface area contributed by atoms with Gasteiger partial charge in [0.1, 0.15) is 5.65 Å². The third-order valence-corrected chi connectivity index (χ3v) is 6.01. The highest BCUT2D eigenvalue weighted by Crippen LogP contribution is 2.30. The van der Waals surface area contributed by atoms with Gasteiger partial charge in [-0.2, -0.15) is 0 Å². The smallest absolute Gasteiger partial charge is 0.426 e. The monoisotopic (exact) mass is 478 g/mol. The summed E-state index contributed by atoms with van der Waals surface area (Å²) in [5.74, 6) is -1.08. The summed E-state index contributed by atoms with van der Waals surface area (Å²) in [5.41, 5.74) is 1.99. The molecule has 10 heteroatoms. The molecule has 3 N–H and O–H groups in total. The van der Waals surface area contributed by atoms with Crippen LogP contribution < -0.4 is 5.32 Å². The zero-order valence-corrected chi connectivity index (χ0v) is 20.0. The highest BCUT2D eigenvalue weighted by molar-refractivity contribution is 6.43. The molecule has 0 radical (unpaired) electrons. The fourth-order valence-corrected chi connectivity index (χ4v) is 4.31.